The minimum Gasteiger partial charge on any atom is -0.491 e. The highest BCUT2D eigenvalue weighted by Crippen LogP contribution is 2.34. The quantitative estimate of drug-likeness (QED) is 0.298. The van der Waals surface area contributed by atoms with E-state index in [9.17, 15) is 4.79 Å². The molecule has 9 heteroatoms. The van der Waals surface area contributed by atoms with Crippen LogP contribution in [0, 0.1) is 0 Å². The third-order valence-corrected chi connectivity index (χ3v) is 5.83. The molecule has 186 valence electrons. The number of carbonyl (C=O) groups is 1. The number of pyridine rings is 1. The molecule has 0 saturated carbocycles. The van der Waals surface area contributed by atoms with Gasteiger partial charge in [-0.25, -0.2) is 9.97 Å². The highest BCUT2D eigenvalue weighted by atomic mass is 35.5. The molecule has 0 saturated heterocycles. The van der Waals surface area contributed by atoms with E-state index in [2.05, 4.69) is 20.3 Å². The van der Waals surface area contributed by atoms with Crippen molar-refractivity contribution in [1.29, 1.82) is 0 Å². The number of nitrogens with zero attached hydrogens (tertiary/aromatic N) is 4. The van der Waals surface area contributed by atoms with Gasteiger partial charge in [-0.2, -0.15) is 0 Å². The molecule has 0 atom stereocenters. The van der Waals surface area contributed by atoms with E-state index in [0.29, 0.717) is 42.1 Å². The Balaban J connectivity index is 1.50. The van der Waals surface area contributed by atoms with Crippen LogP contribution in [-0.2, 0) is 11.4 Å². The van der Waals surface area contributed by atoms with Gasteiger partial charge in [-0.1, -0.05) is 23.7 Å². The second-order valence-electron chi connectivity index (χ2n) is 8.41. The Morgan fingerprint density at radius 2 is 1.89 bits per heavy atom. The standard InChI is InChI=1S/C27H28ClN5O3/c1-18(2)33(19(3)34)13-14-35-25-9-6-8-23-26(25)27(31-17-30-23)32-20-10-11-24(22(28)15-20)36-16-21-7-4-5-12-29-21/h4-12,15,17-18H,13-14,16H2,1-3H3,(H,30,31,32). The number of anilines is 2. The van der Waals surface area contributed by atoms with Gasteiger partial charge in [-0.3, -0.25) is 9.78 Å². The van der Waals surface area contributed by atoms with Gasteiger partial charge in [-0.15, -0.1) is 0 Å². The van der Waals surface area contributed by atoms with E-state index in [1.165, 1.54) is 6.33 Å². The molecule has 0 bridgehead atoms. The minimum atomic E-state index is 0.0153. The lowest BCUT2D eigenvalue weighted by Gasteiger charge is -2.25. The van der Waals surface area contributed by atoms with Crippen LogP contribution >= 0.6 is 11.6 Å². The number of benzene rings is 2. The van der Waals surface area contributed by atoms with Crippen LogP contribution < -0.4 is 14.8 Å². The molecule has 1 N–H and O–H groups in total. The number of hydrogen-bond acceptors (Lipinski definition) is 7. The number of nitrogens with one attached hydrogen (secondary N) is 1. The normalized spacial score (nSPS) is 10.9. The SMILES string of the molecule is CC(=O)N(CCOc1cccc2ncnc(Nc3ccc(OCc4ccccn4)c(Cl)c3)c12)C(C)C. The van der Waals surface area contributed by atoms with Crippen molar-refractivity contribution < 1.29 is 14.3 Å². The lowest BCUT2D eigenvalue weighted by molar-refractivity contribution is -0.130. The molecule has 36 heavy (non-hydrogen) atoms. The van der Waals surface area contributed by atoms with E-state index < -0.39 is 0 Å². The maximum atomic E-state index is 11.9. The number of carbonyl (C=O) groups excluding carboxylic acids is 1. The molecule has 0 aliphatic rings. The molecule has 1 amide bonds. The highest BCUT2D eigenvalue weighted by molar-refractivity contribution is 6.32. The van der Waals surface area contributed by atoms with Gasteiger partial charge >= 0.3 is 0 Å². The van der Waals surface area contributed by atoms with E-state index in [4.69, 9.17) is 21.1 Å². The molecule has 0 spiro atoms. The van der Waals surface area contributed by atoms with Crippen molar-refractivity contribution in [3.8, 4) is 11.5 Å². The topological polar surface area (TPSA) is 89.5 Å². The van der Waals surface area contributed by atoms with Gasteiger partial charge in [-0.05, 0) is 56.3 Å². The highest BCUT2D eigenvalue weighted by Gasteiger charge is 2.15. The summed E-state index contributed by atoms with van der Waals surface area (Å²) in [6, 6.07) is 16.8. The van der Waals surface area contributed by atoms with Crippen LogP contribution in [0.15, 0.2) is 67.1 Å². The number of aromatic nitrogens is 3. The summed E-state index contributed by atoms with van der Waals surface area (Å²) < 4.78 is 11.9. The van der Waals surface area contributed by atoms with Crippen LogP contribution in [0.1, 0.15) is 26.5 Å². The van der Waals surface area contributed by atoms with Gasteiger partial charge in [0.25, 0.3) is 0 Å². The molecular weight excluding hydrogens is 478 g/mol. The second kappa shape index (κ2) is 11.7. The Labute approximate surface area is 215 Å². The fourth-order valence-electron chi connectivity index (χ4n) is 3.79. The summed E-state index contributed by atoms with van der Waals surface area (Å²) in [5.41, 5.74) is 2.29. The van der Waals surface area contributed by atoms with E-state index in [1.807, 2.05) is 56.3 Å². The molecule has 2 aromatic heterocycles. The monoisotopic (exact) mass is 505 g/mol. The Morgan fingerprint density at radius 3 is 2.61 bits per heavy atom. The van der Waals surface area contributed by atoms with Crippen LogP contribution in [0.5, 0.6) is 11.5 Å². The molecule has 0 radical (unpaired) electrons. The second-order valence-corrected chi connectivity index (χ2v) is 8.81. The van der Waals surface area contributed by atoms with Crippen molar-refractivity contribution in [2.75, 3.05) is 18.5 Å². The molecule has 0 aliphatic carbocycles. The van der Waals surface area contributed by atoms with Gasteiger partial charge in [0.15, 0.2) is 0 Å². The average molecular weight is 506 g/mol. The first-order valence-corrected chi connectivity index (χ1v) is 12.0. The minimum absolute atomic E-state index is 0.0153. The predicted molar refractivity (Wildman–Crippen MR) is 141 cm³/mol. The zero-order valence-corrected chi connectivity index (χ0v) is 21.2. The van der Waals surface area contributed by atoms with Gasteiger partial charge in [0, 0.05) is 24.8 Å². The zero-order chi connectivity index (χ0) is 25.5. The number of amides is 1. The third-order valence-electron chi connectivity index (χ3n) is 5.54. The van der Waals surface area contributed by atoms with Crippen LogP contribution in [-0.4, -0.2) is 45.0 Å². The Kier molecular flexibility index (Phi) is 8.17. The third kappa shape index (κ3) is 6.20. The van der Waals surface area contributed by atoms with E-state index >= 15 is 0 Å². The molecule has 4 aromatic rings. The first kappa shape index (κ1) is 25.2. The van der Waals surface area contributed by atoms with Gasteiger partial charge in [0.1, 0.15) is 36.9 Å². The lowest BCUT2D eigenvalue weighted by atomic mass is 10.2. The molecule has 4 rings (SSSR count). The predicted octanol–water partition coefficient (Wildman–Crippen LogP) is 5.64. The summed E-state index contributed by atoms with van der Waals surface area (Å²) in [4.78, 5) is 26.7. The summed E-state index contributed by atoms with van der Waals surface area (Å²) in [6.45, 7) is 6.68. The fraction of sp³-hybridized carbons (Fsp3) is 0.259. The number of hydrogen-bond donors (Lipinski definition) is 1. The largest absolute Gasteiger partial charge is 0.491 e. The summed E-state index contributed by atoms with van der Waals surface area (Å²) in [5.74, 6) is 1.79. The number of halogens is 1. The van der Waals surface area contributed by atoms with Crippen molar-refractivity contribution in [3.05, 3.63) is 77.8 Å². The number of ether oxygens (including phenoxy) is 2. The average Bonchev–Trinajstić information content (AvgIpc) is 2.86. The van der Waals surface area contributed by atoms with Gasteiger partial charge in [0.2, 0.25) is 5.91 Å². The van der Waals surface area contributed by atoms with E-state index in [-0.39, 0.29) is 11.9 Å². The zero-order valence-electron chi connectivity index (χ0n) is 20.4. The Bertz CT molecular complexity index is 1330. The Morgan fingerprint density at radius 1 is 1.03 bits per heavy atom. The van der Waals surface area contributed by atoms with Crippen LogP contribution in [0.3, 0.4) is 0 Å². The van der Waals surface area contributed by atoms with Crippen LogP contribution in [0.25, 0.3) is 10.9 Å². The van der Waals surface area contributed by atoms with Crippen molar-refractivity contribution >= 4 is 39.9 Å². The van der Waals surface area contributed by atoms with Crippen LogP contribution in [0.2, 0.25) is 5.02 Å². The molecule has 0 unspecified atom stereocenters. The molecule has 8 nitrogen and oxygen atoms in total. The molecule has 2 aromatic carbocycles. The lowest BCUT2D eigenvalue weighted by Crippen LogP contribution is -2.38. The Hall–Kier alpha value is -3.91. The molecule has 0 fully saturated rings. The summed E-state index contributed by atoms with van der Waals surface area (Å²) in [5, 5.41) is 4.52. The molecule has 0 aliphatic heterocycles. The van der Waals surface area contributed by atoms with Crippen molar-refractivity contribution in [3.63, 3.8) is 0 Å². The van der Waals surface area contributed by atoms with Crippen LogP contribution in [0.4, 0.5) is 11.5 Å². The first-order valence-electron chi connectivity index (χ1n) is 11.7. The summed E-state index contributed by atoms with van der Waals surface area (Å²) >= 11 is 6.49. The van der Waals surface area contributed by atoms with E-state index in [1.54, 1.807) is 30.2 Å². The molecular formula is C27H28ClN5O3. The smallest absolute Gasteiger partial charge is 0.219 e. The van der Waals surface area contributed by atoms with Crippen molar-refractivity contribution in [2.24, 2.45) is 0 Å². The number of fused-ring (bicyclic) bond motifs is 1. The fourth-order valence-corrected chi connectivity index (χ4v) is 4.03. The van der Waals surface area contributed by atoms with E-state index in [0.717, 1.165) is 22.3 Å². The first-order chi connectivity index (χ1) is 17.4. The van der Waals surface area contributed by atoms with Gasteiger partial charge < -0.3 is 19.7 Å². The van der Waals surface area contributed by atoms with Crippen molar-refractivity contribution in [1.82, 2.24) is 19.9 Å². The maximum absolute atomic E-state index is 11.9. The van der Waals surface area contributed by atoms with Gasteiger partial charge in [0.05, 0.1) is 28.2 Å². The summed E-state index contributed by atoms with van der Waals surface area (Å²) in [6.07, 6.45) is 3.22. The van der Waals surface area contributed by atoms with Crippen molar-refractivity contribution in [2.45, 2.75) is 33.4 Å². The number of rotatable bonds is 10. The summed E-state index contributed by atoms with van der Waals surface area (Å²) in [7, 11) is 0. The maximum Gasteiger partial charge on any atom is 0.219 e. The molecule has 2 heterocycles.